The molecule has 0 spiro atoms. The topological polar surface area (TPSA) is 210 Å². The zero-order chi connectivity index (χ0) is 45.7. The van der Waals surface area contributed by atoms with Crippen LogP contribution in [0.2, 0.25) is 0 Å². The number of methoxy groups -OCH3 is 2. The Kier molecular flexibility index (Phi) is 14.7. The molecule has 2 saturated heterocycles. The molecule has 0 saturated carbocycles. The fourth-order valence-electron chi connectivity index (χ4n) is 8.49. The fourth-order valence-corrected chi connectivity index (χ4v) is 9.57. The maximum Gasteiger partial charge on any atom is 0.259 e. The molecule has 2 aromatic heterocycles. The summed E-state index contributed by atoms with van der Waals surface area (Å²) in [6.45, 7) is 2.78. The number of aliphatic hydroxyl groups is 1. The van der Waals surface area contributed by atoms with E-state index in [1.807, 2.05) is 31.1 Å². The first-order chi connectivity index (χ1) is 30.8. The number of thiophene rings is 1. The number of aryl methyl sites for hydroxylation is 1. The number of hydrogen-bond donors (Lipinski definition) is 4. The number of aliphatic hydroxyl groups excluding tert-OH is 1. The number of carbonyl (C=O) groups excluding carboxylic acids is 5. The molecule has 19 heteroatoms. The van der Waals surface area contributed by atoms with Gasteiger partial charge in [0.1, 0.15) is 17.5 Å². The summed E-state index contributed by atoms with van der Waals surface area (Å²) in [4.78, 5) is 82.3. The highest BCUT2D eigenvalue weighted by Gasteiger charge is 2.45. The summed E-state index contributed by atoms with van der Waals surface area (Å²) in [7, 11) is 8.86. The van der Waals surface area contributed by atoms with E-state index in [2.05, 4.69) is 16.0 Å². The van der Waals surface area contributed by atoms with Gasteiger partial charge in [-0.05, 0) is 63.2 Å². The van der Waals surface area contributed by atoms with Gasteiger partial charge in [0, 0.05) is 62.7 Å². The number of nitrogens with zero attached hydrogens (tertiary/aromatic N) is 4. The van der Waals surface area contributed by atoms with Crippen LogP contribution in [0.5, 0.6) is 11.5 Å². The van der Waals surface area contributed by atoms with Crippen LogP contribution in [0.15, 0.2) is 47.4 Å². The van der Waals surface area contributed by atoms with Crippen LogP contribution in [0.4, 0.5) is 10.7 Å². The van der Waals surface area contributed by atoms with Crippen molar-refractivity contribution in [2.75, 3.05) is 85.0 Å². The summed E-state index contributed by atoms with van der Waals surface area (Å²) in [5, 5.41) is 20.4. The minimum absolute atomic E-state index is 0.0805. The molecule has 3 aliphatic heterocycles. The van der Waals surface area contributed by atoms with Crippen molar-refractivity contribution < 1.29 is 48.0 Å². The van der Waals surface area contributed by atoms with Crippen molar-refractivity contribution >= 4 is 61.6 Å². The maximum absolute atomic E-state index is 13.6. The van der Waals surface area contributed by atoms with Crippen molar-refractivity contribution in [1.82, 2.24) is 24.6 Å². The molecule has 5 amide bonds. The summed E-state index contributed by atoms with van der Waals surface area (Å²) < 4.78 is 25.1. The van der Waals surface area contributed by atoms with E-state index in [-0.39, 0.29) is 75.2 Å². The zero-order valence-electron chi connectivity index (χ0n) is 36.7. The Labute approximate surface area is 374 Å². The summed E-state index contributed by atoms with van der Waals surface area (Å²) in [6.07, 6.45) is 2.14. The number of fused-ring (bicyclic) bond motifs is 2. The second-order valence-electron chi connectivity index (χ2n) is 16.3. The minimum atomic E-state index is -1.31. The van der Waals surface area contributed by atoms with Crippen molar-refractivity contribution in [2.24, 2.45) is 13.0 Å². The van der Waals surface area contributed by atoms with E-state index in [0.29, 0.717) is 65.6 Å². The lowest BCUT2D eigenvalue weighted by atomic mass is 9.97. The largest absolute Gasteiger partial charge is 0.496 e. The molecule has 0 aliphatic carbocycles. The summed E-state index contributed by atoms with van der Waals surface area (Å²) in [6, 6.07) is 9.68. The monoisotopic (exact) mass is 901 g/mol. The Bertz CT molecular complexity index is 2460. The van der Waals surface area contributed by atoms with E-state index in [9.17, 15) is 33.9 Å². The Balaban J connectivity index is 0.856. The molecular weight excluding hydrogens is 847 g/mol. The molecule has 0 radical (unpaired) electrons. The number of anilines is 2. The van der Waals surface area contributed by atoms with Gasteiger partial charge in [0.05, 0.1) is 79.2 Å². The first-order valence-corrected chi connectivity index (χ1v) is 22.1. The molecule has 4 N–H and O–H groups in total. The third-order valence-corrected chi connectivity index (χ3v) is 12.7. The summed E-state index contributed by atoms with van der Waals surface area (Å²) >= 11 is 1.33. The van der Waals surface area contributed by atoms with E-state index < -0.39 is 35.9 Å². The van der Waals surface area contributed by atoms with Crippen LogP contribution in [-0.4, -0.2) is 134 Å². The number of imide groups is 1. The SMILES string of the molecule is COc1cc(-c2cn(C)c(=O)c3cc(NC(=O)C4CCCN(C(=O)CCOCCOCCNc5cccc6c5C(=O)N(C5CCC(=O)NC5=O)C6O)C4)sc23)cc(OC)c1CN(C)C. The fraction of sp³-hybridized carbons (Fsp3) is 0.467. The molecule has 5 heterocycles. The molecule has 3 aliphatic rings. The normalized spacial score (nSPS) is 18.7. The molecule has 0 bridgehead atoms. The van der Waals surface area contributed by atoms with Gasteiger partial charge in [0.2, 0.25) is 23.6 Å². The Morgan fingerprint density at radius 2 is 1.72 bits per heavy atom. The van der Waals surface area contributed by atoms with Crippen LogP contribution in [0.1, 0.15) is 59.8 Å². The van der Waals surface area contributed by atoms with Crippen molar-refractivity contribution in [1.29, 1.82) is 0 Å². The van der Waals surface area contributed by atoms with Crippen LogP contribution in [0.3, 0.4) is 0 Å². The molecule has 2 fully saturated rings. The molecule has 4 aromatic rings. The summed E-state index contributed by atoms with van der Waals surface area (Å²) in [5.41, 5.74) is 3.46. The average Bonchev–Trinajstić information content (AvgIpc) is 3.81. The highest BCUT2D eigenvalue weighted by Crippen LogP contribution is 2.42. The highest BCUT2D eigenvalue weighted by atomic mass is 32.1. The first kappa shape index (κ1) is 46.1. The number of nitrogens with one attached hydrogen (secondary N) is 3. The van der Waals surface area contributed by atoms with Crippen molar-refractivity contribution in [3.05, 3.63) is 69.6 Å². The lowest BCUT2D eigenvalue weighted by Gasteiger charge is -2.32. The van der Waals surface area contributed by atoms with E-state index in [1.54, 1.807) is 56.6 Å². The molecule has 3 atom stereocenters. The van der Waals surface area contributed by atoms with E-state index in [0.717, 1.165) is 26.3 Å². The van der Waals surface area contributed by atoms with Gasteiger partial charge in [-0.25, -0.2) is 0 Å². The number of piperidine rings is 2. The van der Waals surface area contributed by atoms with Crippen molar-refractivity contribution in [3.8, 4) is 22.6 Å². The van der Waals surface area contributed by atoms with E-state index >= 15 is 0 Å². The van der Waals surface area contributed by atoms with Crippen LogP contribution < -0.4 is 31.0 Å². The number of ether oxygens (including phenoxy) is 4. The third kappa shape index (κ3) is 9.93. The lowest BCUT2D eigenvalue weighted by molar-refractivity contribution is -0.140. The zero-order valence-corrected chi connectivity index (χ0v) is 37.5. The standard InChI is InChI=1S/C45H55N7O11S/c1-49(2)24-31-34(60-4)20-27(21-35(31)61-5)30-25-50(3)43(57)29-22-37(64-40(29)30)48-41(55)26-8-7-15-51(23-26)38(54)13-16-62-18-19-63-17-14-46-32-10-6-9-28-39(32)45(59)52(44(28)58)33-11-12-36(53)47-42(33)56/h6,9-10,20-22,25-26,33,44,46,58H,7-8,11-19,23-24H2,1-5H3,(H,48,55)(H,47,53,56). The van der Waals surface area contributed by atoms with Gasteiger partial charge >= 0.3 is 0 Å². The number of benzene rings is 2. The number of carbonyl (C=O) groups is 5. The number of hydrogen-bond acceptors (Lipinski definition) is 14. The number of amides is 5. The Morgan fingerprint density at radius 1 is 0.984 bits per heavy atom. The van der Waals surface area contributed by atoms with Gasteiger partial charge in [-0.2, -0.15) is 0 Å². The van der Waals surface area contributed by atoms with Crippen molar-refractivity contribution in [3.63, 3.8) is 0 Å². The van der Waals surface area contributed by atoms with Crippen LogP contribution in [0.25, 0.3) is 21.2 Å². The first-order valence-electron chi connectivity index (χ1n) is 21.3. The van der Waals surface area contributed by atoms with Gasteiger partial charge in [0.25, 0.3) is 11.5 Å². The van der Waals surface area contributed by atoms with E-state index in [4.69, 9.17) is 18.9 Å². The Morgan fingerprint density at radius 3 is 2.42 bits per heavy atom. The maximum atomic E-state index is 13.6. The average molecular weight is 902 g/mol. The predicted molar refractivity (Wildman–Crippen MR) is 239 cm³/mol. The number of pyridine rings is 1. The van der Waals surface area contributed by atoms with Gasteiger partial charge < -0.3 is 49.1 Å². The molecule has 7 rings (SSSR count). The van der Waals surface area contributed by atoms with Crippen LogP contribution in [0, 0.1) is 5.92 Å². The van der Waals surface area contributed by atoms with Crippen molar-refractivity contribution in [2.45, 2.75) is 50.9 Å². The molecular formula is C45H55N7O11S. The number of rotatable bonds is 18. The minimum Gasteiger partial charge on any atom is -0.496 e. The number of aromatic nitrogens is 1. The predicted octanol–water partition coefficient (Wildman–Crippen LogP) is 3.31. The second-order valence-corrected chi connectivity index (χ2v) is 17.4. The third-order valence-electron chi connectivity index (χ3n) is 11.7. The van der Waals surface area contributed by atoms with E-state index in [1.165, 1.54) is 15.9 Å². The molecule has 3 unspecified atom stereocenters. The van der Waals surface area contributed by atoms with Gasteiger partial charge in [0.15, 0.2) is 6.23 Å². The lowest BCUT2D eigenvalue weighted by Crippen LogP contribution is -2.53. The highest BCUT2D eigenvalue weighted by molar-refractivity contribution is 7.23. The van der Waals surface area contributed by atoms with Crippen LogP contribution >= 0.6 is 11.3 Å². The molecule has 18 nitrogen and oxygen atoms in total. The second kappa shape index (κ2) is 20.3. The van der Waals surface area contributed by atoms with Gasteiger partial charge in [-0.15, -0.1) is 11.3 Å². The molecule has 2 aromatic carbocycles. The van der Waals surface area contributed by atoms with Gasteiger partial charge in [-0.3, -0.25) is 39.0 Å². The smallest absolute Gasteiger partial charge is 0.259 e. The Hall–Kier alpha value is -5.86. The molecule has 64 heavy (non-hydrogen) atoms. The molecule has 342 valence electrons. The van der Waals surface area contributed by atoms with Crippen LogP contribution in [-0.2, 0) is 42.2 Å². The van der Waals surface area contributed by atoms with Gasteiger partial charge in [-0.1, -0.05) is 12.1 Å². The number of likely N-dealkylation sites (tertiary alicyclic amines) is 1. The quantitative estimate of drug-likeness (QED) is 0.0836. The summed E-state index contributed by atoms with van der Waals surface area (Å²) in [5.74, 6) is -0.926.